The van der Waals surface area contributed by atoms with Crippen molar-refractivity contribution in [1.82, 2.24) is 19.7 Å². The van der Waals surface area contributed by atoms with Crippen molar-refractivity contribution in [3.05, 3.63) is 77.5 Å². The van der Waals surface area contributed by atoms with Crippen LogP contribution in [0.1, 0.15) is 22.9 Å². The van der Waals surface area contributed by atoms with Gasteiger partial charge in [0, 0.05) is 5.56 Å². The van der Waals surface area contributed by atoms with Crippen LogP contribution in [0.15, 0.2) is 59.4 Å². The van der Waals surface area contributed by atoms with Crippen molar-refractivity contribution in [2.45, 2.75) is 25.4 Å². The molecular formula is C21H14F4N4O2. The Kier molecular flexibility index (Phi) is 4.58. The van der Waals surface area contributed by atoms with Gasteiger partial charge in [0.25, 0.3) is 5.89 Å². The molecule has 0 saturated heterocycles. The topological polar surface area (TPSA) is 66.0 Å². The Labute approximate surface area is 173 Å². The summed E-state index contributed by atoms with van der Waals surface area (Å²) in [4.78, 5) is 8.53. The van der Waals surface area contributed by atoms with E-state index in [1.807, 2.05) is 4.57 Å². The Hall–Kier alpha value is -3.53. The number of fused-ring (bicyclic) bond motifs is 1. The summed E-state index contributed by atoms with van der Waals surface area (Å²) in [6, 6.07) is 10.9. The molecule has 0 spiro atoms. The van der Waals surface area contributed by atoms with Crippen LogP contribution in [0, 0.1) is 5.82 Å². The van der Waals surface area contributed by atoms with Gasteiger partial charge in [-0.1, -0.05) is 29.4 Å². The Morgan fingerprint density at radius 3 is 2.71 bits per heavy atom. The van der Waals surface area contributed by atoms with Gasteiger partial charge in [0.1, 0.15) is 11.9 Å². The van der Waals surface area contributed by atoms with Gasteiger partial charge in [-0.25, -0.2) is 9.37 Å². The number of ether oxygens (including phenoxy) is 1. The molecule has 6 nitrogen and oxygen atoms in total. The zero-order chi connectivity index (χ0) is 21.6. The lowest BCUT2D eigenvalue weighted by Crippen LogP contribution is -2.20. The van der Waals surface area contributed by atoms with E-state index >= 15 is 0 Å². The highest BCUT2D eigenvalue weighted by atomic mass is 19.4. The summed E-state index contributed by atoms with van der Waals surface area (Å²) in [6.07, 6.45) is -3.22. The Balaban J connectivity index is 1.41. The lowest BCUT2D eigenvalue weighted by atomic mass is 10.1. The van der Waals surface area contributed by atoms with Crippen molar-refractivity contribution < 1.29 is 26.8 Å². The zero-order valence-electron chi connectivity index (χ0n) is 15.8. The summed E-state index contributed by atoms with van der Waals surface area (Å²) in [5.41, 5.74) is 1.17. The van der Waals surface area contributed by atoms with E-state index < -0.39 is 11.7 Å². The highest BCUT2D eigenvalue weighted by molar-refractivity contribution is 5.60. The van der Waals surface area contributed by atoms with Gasteiger partial charge in [0.15, 0.2) is 5.69 Å². The largest absolute Gasteiger partial charge is 0.416 e. The number of alkyl halides is 3. The number of hydrogen-bond donors (Lipinski definition) is 0. The van der Waals surface area contributed by atoms with Crippen molar-refractivity contribution in [2.75, 3.05) is 0 Å². The molecule has 3 heterocycles. The first-order valence-electron chi connectivity index (χ1n) is 9.31. The number of aromatic nitrogens is 4. The minimum absolute atomic E-state index is 0.0252. The Morgan fingerprint density at radius 1 is 1.06 bits per heavy atom. The molecule has 2 aromatic heterocycles. The maximum absolute atomic E-state index is 13.5. The minimum atomic E-state index is -4.47. The fourth-order valence-corrected chi connectivity index (χ4v) is 3.49. The first kappa shape index (κ1) is 19.4. The summed E-state index contributed by atoms with van der Waals surface area (Å²) in [6.45, 7) is 0.595. The van der Waals surface area contributed by atoms with Crippen molar-refractivity contribution in [3.63, 3.8) is 0 Å². The fourth-order valence-electron chi connectivity index (χ4n) is 3.49. The van der Waals surface area contributed by atoms with E-state index in [4.69, 9.17) is 9.26 Å². The molecule has 0 aliphatic carbocycles. The van der Waals surface area contributed by atoms with Crippen molar-refractivity contribution in [1.29, 1.82) is 0 Å². The van der Waals surface area contributed by atoms with Crippen LogP contribution in [0.3, 0.4) is 0 Å². The number of rotatable bonds is 3. The van der Waals surface area contributed by atoms with Gasteiger partial charge < -0.3 is 13.8 Å². The first-order chi connectivity index (χ1) is 14.9. The second-order valence-corrected chi connectivity index (χ2v) is 7.05. The number of hydrogen-bond acceptors (Lipinski definition) is 5. The van der Waals surface area contributed by atoms with E-state index in [1.54, 1.807) is 18.5 Å². The van der Waals surface area contributed by atoms with Crippen molar-refractivity contribution in [2.24, 2.45) is 0 Å². The predicted octanol–water partition coefficient (Wildman–Crippen LogP) is 5.03. The molecule has 0 fully saturated rings. The van der Waals surface area contributed by atoms with Crippen LogP contribution in [0.25, 0.3) is 23.0 Å². The minimum Gasteiger partial charge on any atom is -0.365 e. The molecule has 0 saturated carbocycles. The average Bonchev–Trinajstić information content (AvgIpc) is 3.40. The molecule has 1 atom stereocenters. The summed E-state index contributed by atoms with van der Waals surface area (Å²) in [7, 11) is 0. The lowest BCUT2D eigenvalue weighted by molar-refractivity contribution is -0.137. The number of imidazole rings is 1. The maximum atomic E-state index is 13.5. The van der Waals surface area contributed by atoms with E-state index in [1.165, 1.54) is 24.3 Å². The number of nitrogens with zero attached hydrogens (tertiary/aromatic N) is 4. The number of benzene rings is 2. The van der Waals surface area contributed by atoms with Gasteiger partial charge >= 0.3 is 6.18 Å². The molecule has 0 unspecified atom stereocenters. The van der Waals surface area contributed by atoms with Crippen LogP contribution in [-0.4, -0.2) is 19.7 Å². The highest BCUT2D eigenvalue weighted by Crippen LogP contribution is 2.34. The van der Waals surface area contributed by atoms with Crippen LogP contribution in [0.5, 0.6) is 0 Å². The summed E-state index contributed by atoms with van der Waals surface area (Å²) in [5.74, 6) is -0.239. The van der Waals surface area contributed by atoms with Gasteiger partial charge in [0.05, 0.1) is 30.7 Å². The third-order valence-electron chi connectivity index (χ3n) is 5.03. The normalized spacial score (nSPS) is 16.3. The average molecular weight is 430 g/mol. The van der Waals surface area contributed by atoms with Gasteiger partial charge in [-0.15, -0.1) is 0 Å². The molecule has 158 valence electrons. The van der Waals surface area contributed by atoms with E-state index in [0.717, 1.165) is 12.1 Å². The van der Waals surface area contributed by atoms with E-state index in [-0.39, 0.29) is 35.8 Å². The van der Waals surface area contributed by atoms with Crippen LogP contribution in [0.4, 0.5) is 17.6 Å². The standard InChI is InChI=1S/C21H14F4N4O2/c22-15-6-2-3-12(8-15)17-9-29-11-26-18(16(29)10-30-17)20-27-19(28-31-20)13-4-1-5-14(7-13)21(23,24)25/h1-8,11,17H,9-10H2/t17-/m1/s1. The molecule has 5 rings (SSSR count). The maximum Gasteiger partial charge on any atom is 0.416 e. The molecule has 0 amide bonds. The second-order valence-electron chi connectivity index (χ2n) is 7.05. The molecular weight excluding hydrogens is 416 g/mol. The van der Waals surface area contributed by atoms with Gasteiger partial charge in [0.2, 0.25) is 5.82 Å². The zero-order valence-corrected chi connectivity index (χ0v) is 15.8. The molecule has 0 bridgehead atoms. The Bertz CT molecular complexity index is 1250. The van der Waals surface area contributed by atoms with E-state index in [0.29, 0.717) is 23.5 Å². The molecule has 1 aliphatic rings. The van der Waals surface area contributed by atoms with E-state index in [9.17, 15) is 17.6 Å². The molecule has 2 aromatic carbocycles. The quantitative estimate of drug-likeness (QED) is 0.427. The molecule has 31 heavy (non-hydrogen) atoms. The second kappa shape index (κ2) is 7.31. The smallest absolute Gasteiger partial charge is 0.365 e. The summed E-state index contributed by atoms with van der Waals surface area (Å²) < 4.78 is 65.4. The van der Waals surface area contributed by atoms with Crippen molar-refractivity contribution in [3.8, 4) is 23.0 Å². The van der Waals surface area contributed by atoms with Gasteiger partial charge in [-0.2, -0.15) is 18.2 Å². The first-order valence-corrected chi connectivity index (χ1v) is 9.31. The molecule has 0 radical (unpaired) electrons. The third kappa shape index (κ3) is 3.70. The summed E-state index contributed by atoms with van der Waals surface area (Å²) >= 11 is 0. The van der Waals surface area contributed by atoms with Gasteiger partial charge in [-0.3, -0.25) is 0 Å². The number of halogens is 4. The third-order valence-corrected chi connectivity index (χ3v) is 5.03. The summed E-state index contributed by atoms with van der Waals surface area (Å²) in [5, 5.41) is 3.80. The lowest BCUT2D eigenvalue weighted by Gasteiger charge is -2.25. The van der Waals surface area contributed by atoms with Crippen LogP contribution in [0.2, 0.25) is 0 Å². The van der Waals surface area contributed by atoms with Crippen LogP contribution < -0.4 is 0 Å². The van der Waals surface area contributed by atoms with Gasteiger partial charge in [-0.05, 0) is 29.8 Å². The molecule has 10 heteroatoms. The monoisotopic (exact) mass is 430 g/mol. The van der Waals surface area contributed by atoms with Crippen LogP contribution in [-0.2, 0) is 24.1 Å². The SMILES string of the molecule is Fc1cccc([C@H]2Cn3cnc(-c4nc(-c5cccc(C(F)(F)F)c5)no4)c3CO2)c1. The molecule has 4 aromatic rings. The Morgan fingerprint density at radius 2 is 1.90 bits per heavy atom. The highest BCUT2D eigenvalue weighted by Gasteiger charge is 2.31. The molecule has 1 aliphatic heterocycles. The fraction of sp³-hybridized carbons (Fsp3) is 0.190. The van der Waals surface area contributed by atoms with E-state index in [2.05, 4.69) is 15.1 Å². The molecule has 0 N–H and O–H groups in total. The predicted molar refractivity (Wildman–Crippen MR) is 99.9 cm³/mol. The van der Waals surface area contributed by atoms with Crippen molar-refractivity contribution >= 4 is 0 Å². The van der Waals surface area contributed by atoms with Crippen LogP contribution >= 0.6 is 0 Å².